The number of nitrogens with zero attached hydrogens (tertiary/aromatic N) is 3. The van der Waals surface area contributed by atoms with Crippen LogP contribution in [0.5, 0.6) is 5.75 Å². The van der Waals surface area contributed by atoms with E-state index in [0.29, 0.717) is 28.1 Å². The van der Waals surface area contributed by atoms with Gasteiger partial charge in [-0.1, -0.05) is 6.07 Å². The predicted molar refractivity (Wildman–Crippen MR) is 81.6 cm³/mol. The number of benzene rings is 1. The molecule has 22 heavy (non-hydrogen) atoms. The molecular weight excluding hydrogens is 286 g/mol. The van der Waals surface area contributed by atoms with Crippen molar-refractivity contribution in [2.75, 3.05) is 0 Å². The van der Waals surface area contributed by atoms with Crippen molar-refractivity contribution in [1.29, 1.82) is 0 Å². The zero-order valence-corrected chi connectivity index (χ0v) is 12.1. The highest BCUT2D eigenvalue weighted by atomic mass is 16.6. The molecule has 0 spiro atoms. The van der Waals surface area contributed by atoms with Crippen LogP contribution in [0.4, 0.5) is 11.4 Å². The Balaban J connectivity index is 2.48. The van der Waals surface area contributed by atoms with Crippen molar-refractivity contribution < 1.29 is 15.1 Å². The SMILES string of the molecule is Cc1ncc(CO)c(C=Nc2cccc([N+](=O)[O-])c2C)c1O. The highest BCUT2D eigenvalue weighted by Crippen LogP contribution is 2.28. The summed E-state index contributed by atoms with van der Waals surface area (Å²) >= 11 is 0. The minimum absolute atomic E-state index is 0.0211. The lowest BCUT2D eigenvalue weighted by atomic mass is 10.1. The van der Waals surface area contributed by atoms with E-state index in [0.717, 1.165) is 0 Å². The Morgan fingerprint density at radius 2 is 2.14 bits per heavy atom. The number of aromatic nitrogens is 1. The first-order chi connectivity index (χ1) is 10.5. The van der Waals surface area contributed by atoms with Gasteiger partial charge in [0.15, 0.2) is 0 Å². The van der Waals surface area contributed by atoms with E-state index in [9.17, 15) is 20.3 Å². The summed E-state index contributed by atoms with van der Waals surface area (Å²) in [6.45, 7) is 2.94. The number of hydrogen-bond donors (Lipinski definition) is 2. The molecule has 2 aromatic rings. The maximum atomic E-state index is 10.9. The summed E-state index contributed by atoms with van der Waals surface area (Å²) in [6.07, 6.45) is 2.83. The van der Waals surface area contributed by atoms with Crippen LogP contribution in [-0.2, 0) is 6.61 Å². The number of hydrogen-bond acceptors (Lipinski definition) is 6. The number of nitro groups is 1. The summed E-state index contributed by atoms with van der Waals surface area (Å²) < 4.78 is 0. The first-order valence-electron chi connectivity index (χ1n) is 6.52. The molecule has 7 nitrogen and oxygen atoms in total. The fraction of sp³-hybridized carbons (Fsp3) is 0.200. The second-order valence-electron chi connectivity index (χ2n) is 4.73. The normalized spacial score (nSPS) is 11.0. The van der Waals surface area contributed by atoms with Crippen LogP contribution in [0.2, 0.25) is 0 Å². The van der Waals surface area contributed by atoms with Gasteiger partial charge in [0.25, 0.3) is 5.69 Å². The van der Waals surface area contributed by atoms with E-state index in [1.54, 1.807) is 26.0 Å². The van der Waals surface area contributed by atoms with E-state index >= 15 is 0 Å². The van der Waals surface area contributed by atoms with Gasteiger partial charge in [-0.15, -0.1) is 0 Å². The lowest BCUT2D eigenvalue weighted by Crippen LogP contribution is -1.98. The molecule has 7 heteroatoms. The number of nitro benzene ring substituents is 1. The minimum Gasteiger partial charge on any atom is -0.505 e. The maximum absolute atomic E-state index is 10.9. The number of aliphatic hydroxyl groups is 1. The number of pyridine rings is 1. The zero-order valence-electron chi connectivity index (χ0n) is 12.1. The van der Waals surface area contributed by atoms with Crippen LogP contribution in [-0.4, -0.2) is 26.3 Å². The van der Waals surface area contributed by atoms with Crippen LogP contribution in [0.25, 0.3) is 0 Å². The van der Waals surface area contributed by atoms with E-state index in [4.69, 9.17) is 0 Å². The van der Waals surface area contributed by atoms with E-state index in [1.807, 2.05) is 0 Å². The van der Waals surface area contributed by atoms with Crippen molar-refractivity contribution in [1.82, 2.24) is 4.98 Å². The van der Waals surface area contributed by atoms with Gasteiger partial charge < -0.3 is 10.2 Å². The Labute approximate surface area is 126 Å². The average Bonchev–Trinajstić information content (AvgIpc) is 2.49. The summed E-state index contributed by atoms with van der Waals surface area (Å²) in [5.74, 6) is -0.0709. The van der Waals surface area contributed by atoms with Crippen LogP contribution in [0.1, 0.15) is 22.4 Å². The summed E-state index contributed by atoms with van der Waals surface area (Å²) in [5.41, 5.74) is 2.02. The molecule has 0 atom stereocenters. The molecule has 0 saturated heterocycles. The molecule has 114 valence electrons. The van der Waals surface area contributed by atoms with Crippen molar-refractivity contribution in [2.24, 2.45) is 4.99 Å². The molecule has 0 radical (unpaired) electrons. The van der Waals surface area contributed by atoms with Crippen molar-refractivity contribution in [3.63, 3.8) is 0 Å². The highest BCUT2D eigenvalue weighted by Gasteiger charge is 2.13. The fourth-order valence-corrected chi connectivity index (χ4v) is 2.01. The molecule has 2 rings (SSSR count). The summed E-state index contributed by atoms with van der Waals surface area (Å²) in [6, 6.07) is 4.59. The van der Waals surface area contributed by atoms with E-state index < -0.39 is 4.92 Å². The second kappa shape index (κ2) is 6.31. The average molecular weight is 301 g/mol. The Morgan fingerprint density at radius 1 is 1.41 bits per heavy atom. The van der Waals surface area contributed by atoms with Gasteiger partial charge >= 0.3 is 0 Å². The number of aliphatic hydroxyl groups excluding tert-OH is 1. The standard InChI is InChI=1S/C15H15N3O4/c1-9-13(4-3-5-14(9)18(21)22)17-7-12-11(8-19)6-16-10(2)15(12)20/h3-7,19-20H,8H2,1-2H3. The lowest BCUT2D eigenvalue weighted by Gasteiger charge is -2.07. The summed E-state index contributed by atoms with van der Waals surface area (Å²) in [4.78, 5) is 18.6. The molecule has 0 bridgehead atoms. The molecule has 0 aliphatic carbocycles. The van der Waals surface area contributed by atoms with Crippen molar-refractivity contribution in [3.05, 3.63) is 56.9 Å². The van der Waals surface area contributed by atoms with Gasteiger partial charge in [0.2, 0.25) is 0 Å². The van der Waals surface area contributed by atoms with Gasteiger partial charge in [0.05, 0.1) is 28.5 Å². The predicted octanol–water partition coefficient (Wildman–Crippen LogP) is 2.56. The van der Waals surface area contributed by atoms with Crippen LogP contribution >= 0.6 is 0 Å². The molecule has 1 aromatic heterocycles. The fourth-order valence-electron chi connectivity index (χ4n) is 2.01. The Morgan fingerprint density at radius 3 is 2.77 bits per heavy atom. The van der Waals surface area contributed by atoms with Crippen molar-refractivity contribution in [3.8, 4) is 5.75 Å². The van der Waals surface area contributed by atoms with Crippen LogP contribution in [0.3, 0.4) is 0 Å². The van der Waals surface area contributed by atoms with Gasteiger partial charge in [-0.05, 0) is 19.9 Å². The van der Waals surface area contributed by atoms with Crippen molar-refractivity contribution >= 4 is 17.6 Å². The topological polar surface area (TPSA) is 109 Å². The van der Waals surface area contributed by atoms with E-state index in [1.165, 1.54) is 18.5 Å². The second-order valence-corrected chi connectivity index (χ2v) is 4.73. The smallest absolute Gasteiger partial charge is 0.274 e. The van der Waals surface area contributed by atoms with Crippen LogP contribution in [0, 0.1) is 24.0 Å². The van der Waals surface area contributed by atoms with Crippen LogP contribution in [0.15, 0.2) is 29.4 Å². The molecule has 0 aliphatic rings. The first kappa shape index (κ1) is 15.6. The Bertz CT molecular complexity index is 757. The molecule has 1 heterocycles. The molecular formula is C15H15N3O4. The molecule has 0 aliphatic heterocycles. The monoisotopic (exact) mass is 301 g/mol. The molecule has 0 unspecified atom stereocenters. The lowest BCUT2D eigenvalue weighted by molar-refractivity contribution is -0.385. The van der Waals surface area contributed by atoms with Gasteiger partial charge in [-0.3, -0.25) is 20.1 Å². The van der Waals surface area contributed by atoms with E-state index in [2.05, 4.69) is 9.98 Å². The largest absolute Gasteiger partial charge is 0.505 e. The molecule has 1 aromatic carbocycles. The summed E-state index contributed by atoms with van der Waals surface area (Å²) in [5, 5.41) is 30.2. The van der Waals surface area contributed by atoms with Gasteiger partial charge in [0.1, 0.15) is 5.75 Å². The van der Waals surface area contributed by atoms with Gasteiger partial charge in [0, 0.05) is 29.6 Å². The summed E-state index contributed by atoms with van der Waals surface area (Å²) in [7, 11) is 0. The minimum atomic E-state index is -0.471. The first-order valence-corrected chi connectivity index (χ1v) is 6.52. The number of aryl methyl sites for hydroxylation is 1. The third kappa shape index (κ3) is 2.94. The zero-order chi connectivity index (χ0) is 16.3. The Hall–Kier alpha value is -2.80. The molecule has 0 amide bonds. The number of aromatic hydroxyl groups is 1. The Kier molecular flexibility index (Phi) is 4.47. The number of rotatable bonds is 4. The third-order valence-corrected chi connectivity index (χ3v) is 3.33. The molecule has 0 fully saturated rings. The van der Waals surface area contributed by atoms with Crippen LogP contribution < -0.4 is 0 Å². The third-order valence-electron chi connectivity index (χ3n) is 3.33. The van der Waals surface area contributed by atoms with Crippen molar-refractivity contribution in [2.45, 2.75) is 20.5 Å². The van der Waals surface area contributed by atoms with E-state index in [-0.39, 0.29) is 18.0 Å². The van der Waals surface area contributed by atoms with Gasteiger partial charge in [-0.2, -0.15) is 0 Å². The quantitative estimate of drug-likeness (QED) is 0.512. The van der Waals surface area contributed by atoms with Gasteiger partial charge in [-0.25, -0.2) is 0 Å². The number of aliphatic imine (C=N–C) groups is 1. The molecule has 0 saturated carbocycles. The molecule has 2 N–H and O–H groups in total. The maximum Gasteiger partial charge on any atom is 0.274 e. The highest BCUT2D eigenvalue weighted by molar-refractivity contribution is 5.88.